The average Bonchev–Trinajstić information content (AvgIpc) is 3.33. The van der Waals surface area contributed by atoms with E-state index in [0.29, 0.717) is 6.04 Å². The molecule has 0 bridgehead atoms. The highest BCUT2D eigenvalue weighted by Gasteiger charge is 2.36. The van der Waals surface area contributed by atoms with Gasteiger partial charge in [0.25, 0.3) is 5.91 Å². The van der Waals surface area contributed by atoms with Crippen LogP contribution in [0.3, 0.4) is 0 Å². The minimum atomic E-state index is 0.160. The minimum absolute atomic E-state index is 0.160. The number of aromatic nitrogens is 2. The smallest absolute Gasteiger partial charge is 0.259 e. The molecule has 25 heavy (non-hydrogen) atoms. The molecule has 1 aromatic carbocycles. The number of benzene rings is 1. The zero-order valence-electron chi connectivity index (χ0n) is 15.0. The summed E-state index contributed by atoms with van der Waals surface area (Å²) in [6, 6.07) is 6.63. The SMILES string of the molecule is CC1=CCCCCc2cccc(-c3cnn(C)c3)c2C(=O)N1C1CC1. The van der Waals surface area contributed by atoms with Crippen molar-refractivity contribution in [2.45, 2.75) is 51.5 Å². The van der Waals surface area contributed by atoms with Gasteiger partial charge in [0.15, 0.2) is 0 Å². The van der Waals surface area contributed by atoms with Crippen molar-refractivity contribution >= 4 is 5.91 Å². The van der Waals surface area contributed by atoms with Crippen LogP contribution in [0.1, 0.15) is 54.9 Å². The number of hydrogen-bond acceptors (Lipinski definition) is 2. The highest BCUT2D eigenvalue weighted by molar-refractivity contribution is 6.03. The minimum Gasteiger partial charge on any atom is -0.310 e. The molecule has 1 aliphatic heterocycles. The Balaban J connectivity index is 1.87. The highest BCUT2D eigenvalue weighted by atomic mass is 16.2. The van der Waals surface area contributed by atoms with Crippen LogP contribution in [0, 0.1) is 0 Å². The first-order valence-electron chi connectivity index (χ1n) is 9.26. The molecule has 2 aliphatic rings. The van der Waals surface area contributed by atoms with Crippen LogP contribution in [0.2, 0.25) is 0 Å². The second-order valence-electron chi connectivity index (χ2n) is 7.24. The van der Waals surface area contributed by atoms with Gasteiger partial charge in [0, 0.05) is 30.5 Å². The molecule has 4 heteroatoms. The number of fused-ring (bicyclic) bond motifs is 1. The molecule has 0 unspecified atom stereocenters. The molecular weight excluding hydrogens is 310 g/mol. The predicted octanol–water partition coefficient (Wildman–Crippen LogP) is 4.32. The molecule has 2 aromatic rings. The Kier molecular flexibility index (Phi) is 4.20. The Labute approximate surface area is 149 Å². The van der Waals surface area contributed by atoms with Gasteiger partial charge in [-0.25, -0.2) is 0 Å². The lowest BCUT2D eigenvalue weighted by molar-refractivity contribution is 0.0795. The number of aryl methyl sites for hydroxylation is 2. The summed E-state index contributed by atoms with van der Waals surface area (Å²) >= 11 is 0. The first-order valence-corrected chi connectivity index (χ1v) is 9.26. The van der Waals surface area contributed by atoms with Gasteiger partial charge in [-0.15, -0.1) is 0 Å². The maximum Gasteiger partial charge on any atom is 0.259 e. The third kappa shape index (κ3) is 3.13. The number of nitrogens with zero attached hydrogens (tertiary/aromatic N) is 3. The predicted molar refractivity (Wildman–Crippen MR) is 99.1 cm³/mol. The van der Waals surface area contributed by atoms with Crippen LogP contribution >= 0.6 is 0 Å². The summed E-state index contributed by atoms with van der Waals surface area (Å²) < 4.78 is 1.79. The molecule has 4 rings (SSSR count). The maximum absolute atomic E-state index is 13.6. The monoisotopic (exact) mass is 335 g/mol. The number of hydrogen-bond donors (Lipinski definition) is 0. The Morgan fingerprint density at radius 3 is 2.76 bits per heavy atom. The van der Waals surface area contributed by atoms with Gasteiger partial charge in [0.05, 0.1) is 11.8 Å². The normalized spacial score (nSPS) is 18.7. The lowest BCUT2D eigenvalue weighted by Crippen LogP contribution is -2.33. The summed E-state index contributed by atoms with van der Waals surface area (Å²) in [5, 5.41) is 4.30. The van der Waals surface area contributed by atoms with Crippen LogP contribution in [0.4, 0.5) is 0 Å². The van der Waals surface area contributed by atoms with Crippen molar-refractivity contribution in [1.29, 1.82) is 0 Å². The summed E-state index contributed by atoms with van der Waals surface area (Å²) in [5.41, 5.74) is 5.18. The van der Waals surface area contributed by atoms with Gasteiger partial charge in [0.2, 0.25) is 0 Å². The van der Waals surface area contributed by atoms with Crippen LogP contribution in [-0.2, 0) is 13.5 Å². The number of allylic oxidation sites excluding steroid dienone is 2. The second-order valence-corrected chi connectivity index (χ2v) is 7.24. The van der Waals surface area contributed by atoms with Crippen LogP contribution in [0.25, 0.3) is 11.1 Å². The first kappa shape index (κ1) is 16.1. The van der Waals surface area contributed by atoms with E-state index in [1.807, 2.05) is 24.3 Å². The van der Waals surface area contributed by atoms with E-state index in [9.17, 15) is 4.79 Å². The summed E-state index contributed by atoms with van der Waals surface area (Å²) in [5.74, 6) is 0.160. The van der Waals surface area contributed by atoms with Crippen molar-refractivity contribution in [2.75, 3.05) is 0 Å². The van der Waals surface area contributed by atoms with E-state index in [-0.39, 0.29) is 5.91 Å². The number of rotatable bonds is 2. The molecule has 1 aliphatic carbocycles. The molecule has 1 saturated carbocycles. The largest absolute Gasteiger partial charge is 0.310 e. The highest BCUT2D eigenvalue weighted by Crippen LogP contribution is 2.36. The van der Waals surface area contributed by atoms with Gasteiger partial charge in [-0.3, -0.25) is 9.48 Å². The molecular formula is C21H25N3O. The fraction of sp³-hybridized carbons (Fsp3) is 0.429. The Bertz CT molecular complexity index is 829. The molecule has 1 amide bonds. The molecule has 4 nitrogen and oxygen atoms in total. The number of carbonyl (C=O) groups excluding carboxylic acids is 1. The quantitative estimate of drug-likeness (QED) is 0.819. The van der Waals surface area contributed by atoms with Crippen LogP contribution in [0.5, 0.6) is 0 Å². The molecule has 0 spiro atoms. The van der Waals surface area contributed by atoms with Crippen molar-refractivity contribution < 1.29 is 4.79 Å². The van der Waals surface area contributed by atoms with Gasteiger partial charge in [-0.2, -0.15) is 5.10 Å². The lowest BCUT2D eigenvalue weighted by Gasteiger charge is -2.27. The van der Waals surface area contributed by atoms with E-state index in [2.05, 4.69) is 36.3 Å². The van der Waals surface area contributed by atoms with Gasteiger partial charge in [-0.1, -0.05) is 24.3 Å². The zero-order valence-corrected chi connectivity index (χ0v) is 15.0. The second kappa shape index (κ2) is 6.51. The fourth-order valence-electron chi connectivity index (χ4n) is 3.80. The van der Waals surface area contributed by atoms with Crippen molar-refractivity contribution in [3.8, 4) is 11.1 Å². The van der Waals surface area contributed by atoms with E-state index < -0.39 is 0 Å². The number of amides is 1. The first-order chi connectivity index (χ1) is 12.1. The van der Waals surface area contributed by atoms with Crippen LogP contribution < -0.4 is 0 Å². The van der Waals surface area contributed by atoms with E-state index in [4.69, 9.17) is 0 Å². The van der Waals surface area contributed by atoms with Crippen molar-refractivity contribution in [3.05, 3.63) is 53.5 Å². The van der Waals surface area contributed by atoms with E-state index in [0.717, 1.165) is 54.5 Å². The fourth-order valence-corrected chi connectivity index (χ4v) is 3.80. The molecule has 0 saturated heterocycles. The zero-order chi connectivity index (χ0) is 17.4. The molecule has 1 fully saturated rings. The standard InChI is InChI=1S/C21H25N3O/c1-15-7-4-3-5-8-16-9-6-10-19(17-13-22-23(2)14-17)20(16)21(25)24(15)18-11-12-18/h6-7,9-10,13-14,18H,3-5,8,11-12H2,1-2H3. The topological polar surface area (TPSA) is 38.1 Å². The third-order valence-corrected chi connectivity index (χ3v) is 5.23. The molecule has 0 radical (unpaired) electrons. The molecule has 0 atom stereocenters. The summed E-state index contributed by atoms with van der Waals surface area (Å²) in [6.07, 6.45) is 12.6. The molecule has 130 valence electrons. The van der Waals surface area contributed by atoms with E-state index in [1.165, 1.54) is 12.0 Å². The summed E-state index contributed by atoms with van der Waals surface area (Å²) in [4.78, 5) is 15.7. The third-order valence-electron chi connectivity index (χ3n) is 5.23. The van der Waals surface area contributed by atoms with Crippen molar-refractivity contribution in [1.82, 2.24) is 14.7 Å². The number of carbonyl (C=O) groups is 1. The van der Waals surface area contributed by atoms with Gasteiger partial charge < -0.3 is 4.90 Å². The Morgan fingerprint density at radius 1 is 1.20 bits per heavy atom. The van der Waals surface area contributed by atoms with E-state index >= 15 is 0 Å². The van der Waals surface area contributed by atoms with E-state index in [1.54, 1.807) is 4.68 Å². The van der Waals surface area contributed by atoms with Gasteiger partial charge in [-0.05, 0) is 56.6 Å². The molecule has 0 N–H and O–H groups in total. The summed E-state index contributed by atoms with van der Waals surface area (Å²) in [6.45, 7) is 2.09. The Morgan fingerprint density at radius 2 is 2.04 bits per heavy atom. The maximum atomic E-state index is 13.6. The van der Waals surface area contributed by atoms with Crippen molar-refractivity contribution in [3.63, 3.8) is 0 Å². The Hall–Kier alpha value is -2.36. The van der Waals surface area contributed by atoms with Crippen molar-refractivity contribution in [2.24, 2.45) is 7.05 Å². The van der Waals surface area contributed by atoms with Crippen LogP contribution in [-0.4, -0.2) is 26.6 Å². The van der Waals surface area contributed by atoms with Gasteiger partial charge in [0.1, 0.15) is 0 Å². The average molecular weight is 335 g/mol. The molecule has 2 heterocycles. The lowest BCUT2D eigenvalue weighted by atomic mass is 9.92. The summed E-state index contributed by atoms with van der Waals surface area (Å²) in [7, 11) is 1.91. The molecule has 1 aromatic heterocycles. The van der Waals surface area contributed by atoms with Gasteiger partial charge >= 0.3 is 0 Å². The van der Waals surface area contributed by atoms with Crippen LogP contribution in [0.15, 0.2) is 42.4 Å².